The first-order valence-corrected chi connectivity index (χ1v) is 7.35. The Morgan fingerprint density at radius 3 is 2.73 bits per heavy atom. The van der Waals surface area contributed by atoms with E-state index in [9.17, 15) is 26.7 Å². The Morgan fingerprint density at radius 2 is 2.12 bits per heavy atom. The van der Waals surface area contributed by atoms with Crippen LogP contribution in [0.25, 0.3) is 5.65 Å². The molecular formula is C15H10F5N5O. The monoisotopic (exact) mass is 371 g/mol. The third kappa shape index (κ3) is 3.35. The summed E-state index contributed by atoms with van der Waals surface area (Å²) in [5.41, 5.74) is -1.92. The smallest absolute Gasteiger partial charge is 0.336 e. The van der Waals surface area contributed by atoms with E-state index in [0.717, 1.165) is 9.42 Å². The molecule has 136 valence electrons. The molecule has 1 aliphatic heterocycles. The maximum atomic E-state index is 13.3. The van der Waals surface area contributed by atoms with Crippen LogP contribution in [-0.2, 0) is 17.5 Å². The van der Waals surface area contributed by atoms with Crippen molar-refractivity contribution in [3.05, 3.63) is 41.4 Å². The minimum absolute atomic E-state index is 0.127. The van der Waals surface area contributed by atoms with Gasteiger partial charge in [0.2, 0.25) is 5.91 Å². The zero-order chi connectivity index (χ0) is 19.1. The first-order valence-electron chi connectivity index (χ1n) is 7.35. The van der Waals surface area contributed by atoms with Crippen molar-refractivity contribution in [3.8, 4) is 6.07 Å². The Balaban J connectivity index is 2.02. The van der Waals surface area contributed by atoms with E-state index >= 15 is 0 Å². The van der Waals surface area contributed by atoms with Crippen molar-refractivity contribution in [2.75, 3.05) is 6.54 Å². The van der Waals surface area contributed by atoms with Gasteiger partial charge < -0.3 is 4.90 Å². The minimum Gasteiger partial charge on any atom is -0.336 e. The lowest BCUT2D eigenvalue weighted by Crippen LogP contribution is -2.27. The molecule has 3 rings (SSSR count). The number of alkyl halides is 3. The average Bonchev–Trinajstić information content (AvgIpc) is 3.07. The van der Waals surface area contributed by atoms with E-state index in [0.29, 0.717) is 6.08 Å². The summed E-state index contributed by atoms with van der Waals surface area (Å²) < 4.78 is 65.5. The molecule has 0 bridgehead atoms. The van der Waals surface area contributed by atoms with Crippen LogP contribution < -0.4 is 0 Å². The minimum atomic E-state index is -4.80. The number of fused-ring (bicyclic) bond motifs is 1. The molecule has 1 unspecified atom stereocenters. The number of amides is 1. The van der Waals surface area contributed by atoms with Crippen molar-refractivity contribution in [3.63, 3.8) is 0 Å². The molecule has 1 saturated heterocycles. The van der Waals surface area contributed by atoms with Crippen LogP contribution in [0.5, 0.6) is 0 Å². The quantitative estimate of drug-likeness (QED) is 0.778. The molecule has 1 atom stereocenters. The molecule has 26 heavy (non-hydrogen) atoms. The van der Waals surface area contributed by atoms with Crippen LogP contribution in [0.4, 0.5) is 22.0 Å². The predicted octanol–water partition coefficient (Wildman–Crippen LogP) is 2.75. The topological polar surface area (TPSA) is 74.3 Å². The number of nitrogens with zero attached hydrogens (tertiary/aromatic N) is 5. The number of rotatable bonds is 3. The molecule has 0 radical (unpaired) electrons. The molecule has 3 heterocycles. The van der Waals surface area contributed by atoms with Gasteiger partial charge >= 0.3 is 6.18 Å². The lowest BCUT2D eigenvalue weighted by molar-refractivity contribution is -0.142. The Labute approximate surface area is 143 Å². The van der Waals surface area contributed by atoms with E-state index < -0.39 is 42.0 Å². The standard InChI is InChI=1S/C15H10F5N5O/c16-11(17)3-8-4-13(26)24(6-8)7-10-14(15(18,19)20)22-12-2-1-9(5-21)23-25(10)12/h1-3,8H,4,6-7H2. The number of halogens is 5. The molecule has 0 spiro atoms. The summed E-state index contributed by atoms with van der Waals surface area (Å²) in [5, 5.41) is 12.7. The van der Waals surface area contributed by atoms with E-state index in [1.165, 1.54) is 12.1 Å². The Hall–Kier alpha value is -3.03. The number of likely N-dealkylation sites (tertiary alicyclic amines) is 1. The second-order valence-electron chi connectivity index (χ2n) is 5.70. The van der Waals surface area contributed by atoms with Gasteiger partial charge in [-0.05, 0) is 18.2 Å². The van der Waals surface area contributed by atoms with Gasteiger partial charge in [0.05, 0.1) is 12.2 Å². The summed E-state index contributed by atoms with van der Waals surface area (Å²) in [6.45, 7) is -0.645. The van der Waals surface area contributed by atoms with Crippen LogP contribution in [0, 0.1) is 17.2 Å². The van der Waals surface area contributed by atoms with Crippen molar-refractivity contribution in [1.29, 1.82) is 5.26 Å². The van der Waals surface area contributed by atoms with E-state index in [2.05, 4.69) is 10.1 Å². The Bertz CT molecular complexity index is 938. The number of carbonyl (C=O) groups excluding carboxylic acids is 1. The van der Waals surface area contributed by atoms with E-state index in [4.69, 9.17) is 5.26 Å². The van der Waals surface area contributed by atoms with Crippen molar-refractivity contribution in [1.82, 2.24) is 19.5 Å². The van der Waals surface area contributed by atoms with Crippen molar-refractivity contribution >= 4 is 11.6 Å². The molecule has 0 N–H and O–H groups in total. The molecule has 1 aliphatic rings. The third-order valence-electron chi connectivity index (χ3n) is 3.90. The van der Waals surface area contributed by atoms with Gasteiger partial charge in [-0.2, -0.15) is 32.3 Å². The average molecular weight is 371 g/mol. The zero-order valence-electron chi connectivity index (χ0n) is 13.0. The third-order valence-corrected chi connectivity index (χ3v) is 3.90. The van der Waals surface area contributed by atoms with E-state index in [-0.39, 0.29) is 24.3 Å². The molecule has 0 aliphatic carbocycles. The van der Waals surface area contributed by atoms with Gasteiger partial charge in [-0.3, -0.25) is 4.79 Å². The summed E-state index contributed by atoms with van der Waals surface area (Å²) in [6, 6.07) is 4.14. The fourth-order valence-corrected chi connectivity index (χ4v) is 2.83. The maximum absolute atomic E-state index is 13.3. The molecule has 1 amide bonds. The molecule has 6 nitrogen and oxygen atoms in total. The predicted molar refractivity (Wildman–Crippen MR) is 76.5 cm³/mol. The van der Waals surface area contributed by atoms with Crippen LogP contribution in [0.2, 0.25) is 0 Å². The number of imidazole rings is 1. The molecule has 11 heteroatoms. The SMILES string of the molecule is N#Cc1ccc2nc(C(F)(F)F)c(CN3CC(C=C(F)F)CC3=O)n2n1. The number of aromatic nitrogens is 3. The largest absolute Gasteiger partial charge is 0.435 e. The molecular weight excluding hydrogens is 361 g/mol. The van der Waals surface area contributed by atoms with Gasteiger partial charge in [0, 0.05) is 18.9 Å². The fraction of sp³-hybridized carbons (Fsp3) is 0.333. The molecule has 1 fully saturated rings. The van der Waals surface area contributed by atoms with Crippen molar-refractivity contribution in [2.24, 2.45) is 5.92 Å². The first-order chi connectivity index (χ1) is 12.2. The Kier molecular flexibility index (Phi) is 4.35. The highest BCUT2D eigenvalue weighted by Gasteiger charge is 2.40. The number of hydrogen-bond acceptors (Lipinski definition) is 4. The highest BCUT2D eigenvalue weighted by Crippen LogP contribution is 2.33. The normalized spacial score (nSPS) is 17.6. The van der Waals surface area contributed by atoms with Crippen LogP contribution in [-0.4, -0.2) is 31.9 Å². The van der Waals surface area contributed by atoms with E-state index in [1.807, 2.05) is 0 Å². The number of nitriles is 1. The summed E-state index contributed by atoms with van der Waals surface area (Å²) in [4.78, 5) is 16.5. The molecule has 2 aromatic rings. The molecule has 2 aromatic heterocycles. The van der Waals surface area contributed by atoms with Gasteiger partial charge in [-0.1, -0.05) is 0 Å². The summed E-state index contributed by atoms with van der Waals surface area (Å²) >= 11 is 0. The zero-order valence-corrected chi connectivity index (χ0v) is 13.0. The van der Waals surface area contributed by atoms with E-state index in [1.54, 1.807) is 6.07 Å². The summed E-state index contributed by atoms with van der Waals surface area (Å²) in [5.74, 6) is -1.32. The molecule has 0 saturated carbocycles. The summed E-state index contributed by atoms with van der Waals surface area (Å²) in [7, 11) is 0. The number of hydrogen-bond donors (Lipinski definition) is 0. The maximum Gasteiger partial charge on any atom is 0.435 e. The lowest BCUT2D eigenvalue weighted by Gasteiger charge is -2.17. The first kappa shape index (κ1) is 17.8. The lowest BCUT2D eigenvalue weighted by atomic mass is 10.1. The highest BCUT2D eigenvalue weighted by atomic mass is 19.4. The van der Waals surface area contributed by atoms with Crippen LogP contribution in [0.3, 0.4) is 0 Å². The van der Waals surface area contributed by atoms with Crippen molar-refractivity contribution in [2.45, 2.75) is 19.1 Å². The van der Waals surface area contributed by atoms with Gasteiger partial charge in [-0.15, -0.1) is 0 Å². The highest BCUT2D eigenvalue weighted by molar-refractivity contribution is 5.79. The Morgan fingerprint density at radius 1 is 1.38 bits per heavy atom. The van der Waals surface area contributed by atoms with Crippen LogP contribution in [0.15, 0.2) is 24.3 Å². The van der Waals surface area contributed by atoms with Crippen molar-refractivity contribution < 1.29 is 26.7 Å². The molecule has 0 aromatic carbocycles. The van der Waals surface area contributed by atoms with Gasteiger partial charge in [0.25, 0.3) is 6.08 Å². The second kappa shape index (κ2) is 6.36. The number of carbonyl (C=O) groups is 1. The fourth-order valence-electron chi connectivity index (χ4n) is 2.83. The van der Waals surface area contributed by atoms with Crippen LogP contribution >= 0.6 is 0 Å². The van der Waals surface area contributed by atoms with Crippen LogP contribution in [0.1, 0.15) is 23.5 Å². The van der Waals surface area contributed by atoms with Gasteiger partial charge in [-0.25, -0.2) is 9.50 Å². The summed E-state index contributed by atoms with van der Waals surface area (Å²) in [6.07, 6.45) is -6.35. The van der Waals surface area contributed by atoms with Gasteiger partial charge in [0.15, 0.2) is 17.0 Å². The second-order valence-corrected chi connectivity index (χ2v) is 5.70. The van der Waals surface area contributed by atoms with Gasteiger partial charge in [0.1, 0.15) is 6.07 Å².